The maximum atomic E-state index is 13.5. The first-order valence-corrected chi connectivity index (χ1v) is 13.8. The fourth-order valence-electron chi connectivity index (χ4n) is 3.66. The second-order valence-electron chi connectivity index (χ2n) is 8.11. The molecule has 1 aromatic heterocycles. The van der Waals surface area contributed by atoms with E-state index in [4.69, 9.17) is 25.8 Å². The van der Waals surface area contributed by atoms with Crippen molar-refractivity contribution in [1.29, 1.82) is 0 Å². The summed E-state index contributed by atoms with van der Waals surface area (Å²) in [6.07, 6.45) is 2.67. The van der Waals surface area contributed by atoms with Gasteiger partial charge in [-0.15, -0.1) is 0 Å². The second kappa shape index (κ2) is 13.8. The molecule has 0 N–H and O–H groups in total. The zero-order valence-corrected chi connectivity index (χ0v) is 22.7. The summed E-state index contributed by atoms with van der Waals surface area (Å²) in [4.78, 5) is 28.5. The number of esters is 1. The molecule has 2 aromatic carbocycles. The summed E-state index contributed by atoms with van der Waals surface area (Å²) in [6.45, 7) is 3.22. The Morgan fingerprint density at radius 1 is 0.974 bits per heavy atom. The molecule has 0 aliphatic rings. The van der Waals surface area contributed by atoms with Crippen LogP contribution in [0, 0.1) is 0 Å². The molecule has 0 spiro atoms. The van der Waals surface area contributed by atoms with E-state index in [9.17, 15) is 18.0 Å². The van der Waals surface area contributed by atoms with Crippen LogP contribution in [-0.4, -0.2) is 56.1 Å². The van der Waals surface area contributed by atoms with Crippen molar-refractivity contribution < 1.29 is 32.2 Å². The highest BCUT2D eigenvalue weighted by Crippen LogP contribution is 2.27. The maximum Gasteiger partial charge on any atom is 0.423 e. The van der Waals surface area contributed by atoms with Gasteiger partial charge in [-0.05, 0) is 73.9 Å². The lowest BCUT2D eigenvalue weighted by Gasteiger charge is -2.27. The number of halogens is 1. The Labute approximate surface area is 227 Å². The molecule has 11 heteroatoms. The van der Waals surface area contributed by atoms with E-state index in [2.05, 4.69) is 4.98 Å². The largest absolute Gasteiger partial charge is 0.482 e. The average Bonchev–Trinajstić information content (AvgIpc) is 2.91. The van der Waals surface area contributed by atoms with E-state index in [1.54, 1.807) is 44.4 Å². The summed E-state index contributed by atoms with van der Waals surface area (Å²) in [5.74, 6) is -0.422. The van der Waals surface area contributed by atoms with Crippen LogP contribution < -0.4 is 4.74 Å². The molecule has 38 heavy (non-hydrogen) atoms. The van der Waals surface area contributed by atoms with E-state index in [1.807, 2.05) is 18.2 Å². The average molecular weight is 561 g/mol. The van der Waals surface area contributed by atoms with Crippen LogP contribution in [-0.2, 0) is 30.7 Å². The Hall–Kier alpha value is -3.63. The minimum absolute atomic E-state index is 0.0102. The topological polar surface area (TPSA) is 112 Å². The van der Waals surface area contributed by atoms with E-state index in [-0.39, 0.29) is 31.3 Å². The molecule has 1 amide bonds. The smallest absolute Gasteiger partial charge is 0.423 e. The summed E-state index contributed by atoms with van der Waals surface area (Å²) in [5.41, 5.74) is 1.60. The Bertz CT molecular complexity index is 1300. The van der Waals surface area contributed by atoms with Crippen molar-refractivity contribution >= 4 is 33.7 Å². The normalized spacial score (nSPS) is 11.9. The van der Waals surface area contributed by atoms with Crippen molar-refractivity contribution in [1.82, 2.24) is 9.29 Å². The molecule has 3 rings (SSSR count). The summed E-state index contributed by atoms with van der Waals surface area (Å²) in [7, 11) is -4.25. The lowest BCUT2D eigenvalue weighted by Crippen LogP contribution is -2.40. The number of nitrogens with zero attached hydrogens (tertiary/aromatic N) is 2. The summed E-state index contributed by atoms with van der Waals surface area (Å²) >= 11 is 5.93. The van der Waals surface area contributed by atoms with E-state index in [0.717, 1.165) is 15.4 Å². The first kappa shape index (κ1) is 28.9. The zero-order valence-electron chi connectivity index (χ0n) is 21.1. The molecule has 202 valence electrons. The number of benzene rings is 2. The van der Waals surface area contributed by atoms with Crippen molar-refractivity contribution in [2.24, 2.45) is 0 Å². The molecule has 1 heterocycles. The van der Waals surface area contributed by atoms with Crippen LogP contribution in [0.4, 0.5) is 4.79 Å². The number of hydrogen-bond acceptors (Lipinski definition) is 8. The Morgan fingerprint density at radius 2 is 1.66 bits per heavy atom. The van der Waals surface area contributed by atoms with E-state index in [0.29, 0.717) is 17.2 Å². The predicted molar refractivity (Wildman–Crippen MR) is 142 cm³/mol. The molecule has 3 aromatic rings. The van der Waals surface area contributed by atoms with Gasteiger partial charge < -0.3 is 14.2 Å². The summed E-state index contributed by atoms with van der Waals surface area (Å²) < 4.78 is 43.2. The Balaban J connectivity index is 1.88. The van der Waals surface area contributed by atoms with E-state index in [1.165, 1.54) is 24.3 Å². The molecule has 0 radical (unpaired) electrons. The van der Waals surface area contributed by atoms with Gasteiger partial charge in [-0.25, -0.2) is 18.0 Å². The highest BCUT2D eigenvalue weighted by atomic mass is 35.5. The number of rotatable bonds is 12. The van der Waals surface area contributed by atoms with Crippen LogP contribution in [0.25, 0.3) is 0 Å². The van der Waals surface area contributed by atoms with Gasteiger partial charge in [0.15, 0.2) is 6.61 Å². The van der Waals surface area contributed by atoms with Gasteiger partial charge in [-0.1, -0.05) is 29.8 Å². The molecule has 0 bridgehead atoms. The summed E-state index contributed by atoms with van der Waals surface area (Å²) in [6, 6.07) is 16.2. The summed E-state index contributed by atoms with van der Waals surface area (Å²) in [5, 5.41) is 0.370. The highest BCUT2D eigenvalue weighted by molar-refractivity contribution is 7.89. The standard InChI is InChI=1S/C27H29ClN2O7S/c1-3-35-26(31)19-37-24-11-7-20(8-12-24)16-22(21-6-5-15-29-17-21)18-30(27(32)36-4-2)38(33,34)25-13-9-23(28)10-14-25/h5-15,17,22H,3-4,16,18-19H2,1-2H3. The van der Waals surface area contributed by atoms with Gasteiger partial charge in [0.25, 0.3) is 10.0 Å². The SMILES string of the molecule is CCOC(=O)COc1ccc(CC(CN(C(=O)OCC)S(=O)(=O)c2ccc(Cl)cc2)c2cccnc2)cc1. The van der Waals surface area contributed by atoms with Crippen LogP contribution in [0.2, 0.25) is 5.02 Å². The third-order valence-electron chi connectivity index (χ3n) is 5.48. The second-order valence-corrected chi connectivity index (χ2v) is 10.4. The number of carbonyl (C=O) groups is 2. The molecule has 1 atom stereocenters. The van der Waals surface area contributed by atoms with Gasteiger partial charge >= 0.3 is 12.1 Å². The van der Waals surface area contributed by atoms with Gasteiger partial charge in [-0.2, -0.15) is 4.31 Å². The zero-order chi connectivity index (χ0) is 27.5. The molecular formula is C27H29ClN2O7S. The first-order valence-electron chi connectivity index (χ1n) is 12.0. The number of hydrogen-bond donors (Lipinski definition) is 0. The lowest BCUT2D eigenvalue weighted by molar-refractivity contribution is -0.145. The fraction of sp³-hybridized carbons (Fsp3) is 0.296. The number of amides is 1. The molecule has 0 aliphatic heterocycles. The van der Waals surface area contributed by atoms with Gasteiger partial charge in [0.2, 0.25) is 0 Å². The monoisotopic (exact) mass is 560 g/mol. The highest BCUT2D eigenvalue weighted by Gasteiger charge is 2.33. The quantitative estimate of drug-likeness (QED) is 0.289. The van der Waals surface area contributed by atoms with Crippen molar-refractivity contribution in [2.45, 2.75) is 31.1 Å². The number of ether oxygens (including phenoxy) is 3. The van der Waals surface area contributed by atoms with Crippen molar-refractivity contribution in [2.75, 3.05) is 26.4 Å². The van der Waals surface area contributed by atoms with Crippen molar-refractivity contribution in [3.05, 3.63) is 89.2 Å². The predicted octanol–water partition coefficient (Wildman–Crippen LogP) is 4.85. The minimum atomic E-state index is -4.25. The molecule has 9 nitrogen and oxygen atoms in total. The van der Waals surface area contributed by atoms with Crippen LogP contribution in [0.15, 0.2) is 78.0 Å². The number of carbonyl (C=O) groups excluding carboxylic acids is 2. The van der Waals surface area contributed by atoms with Gasteiger partial charge in [-0.3, -0.25) is 4.98 Å². The Kier molecular flexibility index (Phi) is 10.5. The van der Waals surface area contributed by atoms with Gasteiger partial charge in [0, 0.05) is 29.9 Å². The first-order chi connectivity index (χ1) is 18.2. The van der Waals surface area contributed by atoms with Crippen LogP contribution in [0.1, 0.15) is 30.9 Å². The number of sulfonamides is 1. The van der Waals surface area contributed by atoms with Crippen LogP contribution in [0.5, 0.6) is 5.75 Å². The van der Waals surface area contributed by atoms with E-state index < -0.39 is 28.0 Å². The van der Waals surface area contributed by atoms with Gasteiger partial charge in [0.1, 0.15) is 5.75 Å². The van der Waals surface area contributed by atoms with Gasteiger partial charge in [0.05, 0.1) is 18.1 Å². The fourth-order valence-corrected chi connectivity index (χ4v) is 5.14. The lowest BCUT2D eigenvalue weighted by atomic mass is 9.93. The Morgan fingerprint density at radius 3 is 2.26 bits per heavy atom. The molecule has 0 saturated heterocycles. The van der Waals surface area contributed by atoms with Crippen molar-refractivity contribution in [3.8, 4) is 5.75 Å². The minimum Gasteiger partial charge on any atom is -0.482 e. The molecule has 0 aliphatic carbocycles. The molecular weight excluding hydrogens is 532 g/mol. The third kappa shape index (κ3) is 7.93. The molecule has 0 fully saturated rings. The number of aromatic nitrogens is 1. The van der Waals surface area contributed by atoms with Crippen molar-refractivity contribution in [3.63, 3.8) is 0 Å². The van der Waals surface area contributed by atoms with E-state index >= 15 is 0 Å². The van der Waals surface area contributed by atoms with Crippen LogP contribution in [0.3, 0.4) is 0 Å². The molecule has 1 unspecified atom stereocenters. The maximum absolute atomic E-state index is 13.5. The van der Waals surface area contributed by atoms with Crippen LogP contribution >= 0.6 is 11.6 Å². The number of pyridine rings is 1. The molecule has 0 saturated carbocycles. The third-order valence-corrected chi connectivity index (χ3v) is 7.48.